The highest BCUT2D eigenvalue weighted by Gasteiger charge is 2.27. The summed E-state index contributed by atoms with van der Waals surface area (Å²) in [6.45, 7) is 4.69. The van der Waals surface area contributed by atoms with Crippen LogP contribution in [0.2, 0.25) is 0 Å². The van der Waals surface area contributed by atoms with Crippen molar-refractivity contribution in [1.82, 2.24) is 5.32 Å². The Morgan fingerprint density at radius 2 is 0.800 bits per heavy atom. The van der Waals surface area contributed by atoms with Crippen LogP contribution in [0.4, 0.5) is 0 Å². The summed E-state index contributed by atoms with van der Waals surface area (Å²) < 4.78 is 23.7. The van der Waals surface area contributed by atoms with Crippen LogP contribution in [0.25, 0.3) is 0 Å². The summed E-state index contributed by atoms with van der Waals surface area (Å²) in [5, 5.41) is 13.9. The van der Waals surface area contributed by atoms with Crippen LogP contribution < -0.4 is 5.32 Å². The highest BCUT2D eigenvalue weighted by atomic mass is 31.2. The predicted octanol–water partition coefficient (Wildman–Crippen LogP) is 19.4. The van der Waals surface area contributed by atoms with Gasteiger partial charge in [0.2, 0.25) is 5.91 Å². The van der Waals surface area contributed by atoms with Gasteiger partial charge in [-0.15, -0.1) is 0 Å². The molecule has 8 nitrogen and oxygen atoms in total. The van der Waals surface area contributed by atoms with Crippen molar-refractivity contribution in [3.05, 3.63) is 97.2 Å². The fourth-order valence-corrected chi connectivity index (χ4v) is 9.47. The molecule has 3 N–H and O–H groups in total. The highest BCUT2D eigenvalue weighted by molar-refractivity contribution is 7.47. The first-order valence-corrected chi connectivity index (χ1v) is 32.6. The molecule has 0 bridgehead atoms. The number of nitrogens with zero attached hydrogens (tertiary/aromatic N) is 1. The molecule has 9 heteroatoms. The molecule has 0 saturated heterocycles. The monoisotopic (exact) mass is 1070 g/mol. The molecule has 0 radical (unpaired) electrons. The van der Waals surface area contributed by atoms with Gasteiger partial charge in [0.05, 0.1) is 39.9 Å². The van der Waals surface area contributed by atoms with E-state index in [1.54, 1.807) is 6.08 Å². The molecule has 0 aliphatic rings. The Kier molecular flexibility index (Phi) is 54.2. The number of quaternary nitrogens is 1. The summed E-state index contributed by atoms with van der Waals surface area (Å²) in [5.41, 5.74) is 0. The second kappa shape index (κ2) is 56.2. The van der Waals surface area contributed by atoms with Gasteiger partial charge in [-0.3, -0.25) is 13.8 Å². The molecule has 434 valence electrons. The zero-order valence-electron chi connectivity index (χ0n) is 49.5. The van der Waals surface area contributed by atoms with Crippen LogP contribution in [0.3, 0.4) is 0 Å². The van der Waals surface area contributed by atoms with Crippen LogP contribution in [-0.4, -0.2) is 73.4 Å². The molecule has 3 atom stereocenters. The van der Waals surface area contributed by atoms with Gasteiger partial charge in [-0.05, 0) is 77.0 Å². The Hall–Kier alpha value is -2.58. The number of unbranched alkanes of at least 4 members (excludes halogenated alkanes) is 29. The third kappa shape index (κ3) is 58.9. The zero-order valence-corrected chi connectivity index (χ0v) is 50.4. The van der Waals surface area contributed by atoms with Gasteiger partial charge in [-0.1, -0.05) is 278 Å². The summed E-state index contributed by atoms with van der Waals surface area (Å²) in [4.78, 5) is 23.3. The number of nitrogens with one attached hydrogen (secondary N) is 1. The number of aliphatic hydroxyl groups is 1. The van der Waals surface area contributed by atoms with Crippen molar-refractivity contribution >= 4 is 13.7 Å². The van der Waals surface area contributed by atoms with Crippen molar-refractivity contribution in [3.63, 3.8) is 0 Å². The largest absolute Gasteiger partial charge is 0.472 e. The first kappa shape index (κ1) is 72.4. The van der Waals surface area contributed by atoms with Gasteiger partial charge in [0.1, 0.15) is 13.2 Å². The van der Waals surface area contributed by atoms with Crippen LogP contribution in [-0.2, 0) is 18.4 Å². The van der Waals surface area contributed by atoms with Crippen LogP contribution in [0.5, 0.6) is 0 Å². The van der Waals surface area contributed by atoms with E-state index >= 15 is 0 Å². The van der Waals surface area contributed by atoms with Gasteiger partial charge in [-0.2, -0.15) is 0 Å². The van der Waals surface area contributed by atoms with E-state index in [1.165, 1.54) is 154 Å². The van der Waals surface area contributed by atoms with Crippen molar-refractivity contribution in [2.45, 2.75) is 276 Å². The minimum Gasteiger partial charge on any atom is -0.387 e. The lowest BCUT2D eigenvalue weighted by Crippen LogP contribution is -2.45. The molecule has 0 heterocycles. The number of hydrogen-bond donors (Lipinski definition) is 3. The molecule has 1 amide bonds. The highest BCUT2D eigenvalue weighted by Crippen LogP contribution is 2.43. The smallest absolute Gasteiger partial charge is 0.387 e. The molecule has 0 aliphatic carbocycles. The minimum absolute atomic E-state index is 0.0497. The molecule has 0 fully saturated rings. The Morgan fingerprint density at radius 1 is 0.467 bits per heavy atom. The fraction of sp³-hybridized carbons (Fsp3) is 0.742. The van der Waals surface area contributed by atoms with Crippen molar-refractivity contribution in [1.29, 1.82) is 0 Å². The summed E-state index contributed by atoms with van der Waals surface area (Å²) in [7, 11) is 1.54. The van der Waals surface area contributed by atoms with Gasteiger partial charge < -0.3 is 19.8 Å². The van der Waals surface area contributed by atoms with Crippen LogP contribution in [0, 0.1) is 0 Å². The van der Waals surface area contributed by atoms with Gasteiger partial charge in [0.15, 0.2) is 0 Å². The van der Waals surface area contributed by atoms with E-state index in [-0.39, 0.29) is 19.1 Å². The average molecular weight is 1070 g/mol. The van der Waals surface area contributed by atoms with Crippen molar-refractivity contribution in [2.75, 3.05) is 40.9 Å². The fourth-order valence-electron chi connectivity index (χ4n) is 8.73. The van der Waals surface area contributed by atoms with Gasteiger partial charge >= 0.3 is 7.82 Å². The number of likely N-dealkylation sites (N-methyl/N-ethyl adjacent to an activating group) is 1. The maximum Gasteiger partial charge on any atom is 0.472 e. The van der Waals surface area contributed by atoms with E-state index in [2.05, 4.69) is 104 Å². The number of hydrogen-bond acceptors (Lipinski definition) is 5. The molecule has 0 spiro atoms. The number of amides is 1. The average Bonchev–Trinajstić information content (AvgIpc) is 3.37. The van der Waals surface area contributed by atoms with Crippen LogP contribution in [0.15, 0.2) is 97.2 Å². The van der Waals surface area contributed by atoms with Gasteiger partial charge in [0, 0.05) is 6.42 Å². The number of aliphatic hydroxyl groups excluding tert-OH is 1. The molecule has 0 saturated carbocycles. The Balaban J connectivity index is 4.25. The molecule has 0 aromatic carbocycles. The second-order valence-corrected chi connectivity index (χ2v) is 23.5. The van der Waals surface area contributed by atoms with Gasteiger partial charge in [0.25, 0.3) is 0 Å². The molecule has 3 unspecified atom stereocenters. The molecule has 0 rings (SSSR count). The third-order valence-electron chi connectivity index (χ3n) is 13.6. The summed E-state index contributed by atoms with van der Waals surface area (Å²) >= 11 is 0. The number of rotatable bonds is 56. The molecule has 0 aromatic rings. The maximum atomic E-state index is 13.0. The van der Waals surface area contributed by atoms with Crippen molar-refractivity contribution in [2.24, 2.45) is 0 Å². The Morgan fingerprint density at radius 3 is 1.17 bits per heavy atom. The molecule has 0 aromatic heterocycles. The number of carbonyl (C=O) groups is 1. The lowest BCUT2D eigenvalue weighted by atomic mass is 10.0. The summed E-state index contributed by atoms with van der Waals surface area (Å²) in [6, 6.07) is -0.873. The SMILES string of the molecule is CC/C=C\C/C=C\C/C=C\C/C=C\C/C=C\C/C=C\C/C=C\CCCCCC(=O)NC(COP(=O)(O)OCC[N+](C)(C)C)C(O)/C=C/CCCCCCCCCCCCCCCCCCCCCCCCCCCC. The maximum absolute atomic E-state index is 13.0. The van der Waals surface area contributed by atoms with E-state index in [1.807, 2.05) is 27.2 Å². The van der Waals surface area contributed by atoms with Crippen LogP contribution >= 0.6 is 7.82 Å². The number of phosphoric ester groups is 1. The number of allylic oxidation sites excluding steroid dienone is 15. The lowest BCUT2D eigenvalue weighted by Gasteiger charge is -2.25. The Bertz CT molecular complexity index is 1540. The first-order chi connectivity index (χ1) is 36.5. The lowest BCUT2D eigenvalue weighted by molar-refractivity contribution is -0.870. The molecule has 0 aliphatic heterocycles. The predicted molar refractivity (Wildman–Crippen MR) is 327 cm³/mol. The standard InChI is InChI=1S/C66H119N2O6P/c1-6-8-10-12-14-16-18-20-22-24-26-28-30-32-33-34-36-37-39-41-43-45-47-49-51-53-55-57-59-65(69)64(63-74-75(71,72)73-62-61-68(3,4)5)67-66(70)60-58-56-54-52-50-48-46-44-42-40-38-35-31-29-27-25-23-21-19-17-15-13-11-9-7-2/h9,11,15,17,21,23,27,29,35,38,42,44,48,50,57,59,64-65,69H,6-8,10,12-14,16,18-20,22,24-26,28,30-34,36-37,39-41,43,45-47,49,51-56,58,60-63H2,1-5H3,(H-,67,70,71,72)/p+1/b11-9-,17-15-,23-21-,29-27-,38-35-,44-42-,50-48-,59-57+. The number of phosphoric acid groups is 1. The van der Waals surface area contributed by atoms with E-state index in [0.29, 0.717) is 17.4 Å². The first-order valence-electron chi connectivity index (χ1n) is 31.1. The van der Waals surface area contributed by atoms with Crippen LogP contribution in [0.1, 0.15) is 264 Å². The van der Waals surface area contributed by atoms with E-state index in [9.17, 15) is 19.4 Å². The van der Waals surface area contributed by atoms with Crippen molar-refractivity contribution < 1.29 is 32.9 Å². The van der Waals surface area contributed by atoms with E-state index in [0.717, 1.165) is 89.9 Å². The topological polar surface area (TPSA) is 105 Å². The third-order valence-corrected chi connectivity index (χ3v) is 14.5. The van der Waals surface area contributed by atoms with Crippen molar-refractivity contribution in [3.8, 4) is 0 Å². The normalized spacial score (nSPS) is 14.5. The quantitative estimate of drug-likeness (QED) is 0.0243. The molecular weight excluding hydrogens is 948 g/mol. The molecular formula is C66H120N2O6P+. The minimum atomic E-state index is -4.37. The second-order valence-electron chi connectivity index (χ2n) is 22.1. The molecule has 75 heavy (non-hydrogen) atoms. The zero-order chi connectivity index (χ0) is 54.9. The van der Waals surface area contributed by atoms with Gasteiger partial charge in [-0.25, -0.2) is 4.57 Å². The summed E-state index contributed by atoms with van der Waals surface area (Å²) in [5.74, 6) is -0.210. The van der Waals surface area contributed by atoms with E-state index in [4.69, 9.17) is 9.05 Å². The Labute approximate surface area is 464 Å². The van der Waals surface area contributed by atoms with E-state index < -0.39 is 20.0 Å². The summed E-state index contributed by atoms with van der Waals surface area (Å²) in [6.07, 6.45) is 81.0. The number of carbonyl (C=O) groups excluding carboxylic acids is 1.